The van der Waals surface area contributed by atoms with Crippen molar-refractivity contribution in [3.63, 3.8) is 0 Å². The van der Waals surface area contributed by atoms with Gasteiger partial charge in [0.05, 0.1) is 11.3 Å². The van der Waals surface area contributed by atoms with Crippen LogP contribution in [0.4, 0.5) is 0 Å². The van der Waals surface area contributed by atoms with Crippen molar-refractivity contribution in [3.8, 4) is 0 Å². The molecule has 0 spiro atoms. The minimum Gasteiger partial charge on any atom is -0.355 e. The molecule has 9 heteroatoms. The quantitative estimate of drug-likeness (QED) is 0.321. The fraction of sp³-hybridized carbons (Fsp3) is 0.381. The zero-order valence-electron chi connectivity index (χ0n) is 16.9. The number of pyridine rings is 1. The number of hydrogen-bond donors (Lipinski definition) is 6. The van der Waals surface area contributed by atoms with Crippen LogP contribution >= 0.6 is 0 Å². The fourth-order valence-electron chi connectivity index (χ4n) is 4.07. The third-order valence-electron chi connectivity index (χ3n) is 5.88. The Kier molecular flexibility index (Phi) is 4.57. The van der Waals surface area contributed by atoms with Crippen LogP contribution in [-0.2, 0) is 24.7 Å². The van der Waals surface area contributed by atoms with Gasteiger partial charge in [-0.2, -0.15) is 4.90 Å². The molecule has 0 unspecified atom stereocenters. The van der Waals surface area contributed by atoms with Crippen molar-refractivity contribution in [2.45, 2.75) is 44.4 Å². The molecule has 1 aliphatic heterocycles. The van der Waals surface area contributed by atoms with Gasteiger partial charge in [0.2, 0.25) is 0 Å². The van der Waals surface area contributed by atoms with Crippen LogP contribution in [0.15, 0.2) is 36.5 Å². The molecule has 2 aromatic heterocycles. The summed E-state index contributed by atoms with van der Waals surface area (Å²) in [6.07, 6.45) is 2.15. The van der Waals surface area contributed by atoms with Gasteiger partial charge in [-0.15, -0.1) is 0 Å². The molecule has 0 saturated carbocycles. The third kappa shape index (κ3) is 2.79. The average molecular weight is 415 g/mol. The molecule has 0 aliphatic carbocycles. The van der Waals surface area contributed by atoms with E-state index in [0.717, 1.165) is 23.9 Å². The molecule has 6 N–H and O–H groups in total. The first-order valence-corrected chi connectivity index (χ1v) is 9.52. The van der Waals surface area contributed by atoms with E-state index in [1.165, 1.54) is 4.57 Å². The van der Waals surface area contributed by atoms with Crippen molar-refractivity contribution >= 4 is 10.9 Å². The molecular weight excluding hydrogens is 390 g/mol. The third-order valence-corrected chi connectivity index (χ3v) is 5.88. The molecule has 30 heavy (non-hydrogen) atoms. The maximum atomic E-state index is 10.8. The number of fused-ring (bicyclic) bond motifs is 3. The lowest BCUT2D eigenvalue weighted by molar-refractivity contribution is -0.483. The second kappa shape index (κ2) is 6.56. The van der Waals surface area contributed by atoms with Gasteiger partial charge in [-0.3, -0.25) is 4.98 Å². The number of likely N-dealkylation sites (N-methyl/N-ethyl adjacent to an activating group) is 1. The van der Waals surface area contributed by atoms with Gasteiger partial charge in [0, 0.05) is 29.3 Å². The molecule has 9 nitrogen and oxygen atoms in total. The highest BCUT2D eigenvalue weighted by molar-refractivity contribution is 5.87. The molecule has 0 atom stereocenters. The average Bonchev–Trinajstić information content (AvgIpc) is 3.00. The molecule has 1 aliphatic rings. The fourth-order valence-corrected chi connectivity index (χ4v) is 4.07. The van der Waals surface area contributed by atoms with Crippen LogP contribution in [0.1, 0.15) is 28.1 Å². The Morgan fingerprint density at radius 2 is 1.67 bits per heavy atom. The number of benzene rings is 1. The first kappa shape index (κ1) is 20.9. The first-order chi connectivity index (χ1) is 13.9. The molecule has 0 amide bonds. The van der Waals surface area contributed by atoms with E-state index >= 15 is 0 Å². The maximum absolute atomic E-state index is 10.8. The summed E-state index contributed by atoms with van der Waals surface area (Å²) in [6.45, 7) is 3.89. The molecule has 0 radical (unpaired) electrons. The summed E-state index contributed by atoms with van der Waals surface area (Å²) in [5, 5.41) is 64.4. The Bertz CT molecular complexity index is 1120. The molecule has 0 bridgehead atoms. The molecule has 1 aromatic carbocycles. The van der Waals surface area contributed by atoms with Gasteiger partial charge in [-0.1, -0.05) is 17.7 Å². The predicted octanol–water partition coefficient (Wildman–Crippen LogP) is -0.288. The van der Waals surface area contributed by atoms with E-state index in [4.69, 9.17) is 0 Å². The summed E-state index contributed by atoms with van der Waals surface area (Å²) in [6, 6.07) is 8.97. The van der Waals surface area contributed by atoms with E-state index in [1.54, 1.807) is 24.4 Å². The lowest BCUT2D eigenvalue weighted by atomic mass is 9.92. The van der Waals surface area contributed by atoms with Gasteiger partial charge in [0.25, 0.3) is 17.6 Å². The number of nitrogens with zero attached hydrogens (tertiary/aromatic N) is 3. The summed E-state index contributed by atoms with van der Waals surface area (Å²) >= 11 is 0. The number of aromatic nitrogens is 2. The smallest absolute Gasteiger partial charge is 0.292 e. The van der Waals surface area contributed by atoms with Crippen molar-refractivity contribution in [2.75, 3.05) is 7.05 Å². The second-order valence-corrected chi connectivity index (χ2v) is 7.96. The van der Waals surface area contributed by atoms with Gasteiger partial charge < -0.3 is 35.2 Å². The Morgan fingerprint density at radius 3 is 2.30 bits per heavy atom. The zero-order chi connectivity index (χ0) is 22.1. The molecular formula is C21H25N3O6. The maximum Gasteiger partial charge on any atom is 0.292 e. The number of rotatable bonds is 3. The summed E-state index contributed by atoms with van der Waals surface area (Å²) in [4.78, 5) is 4.55. The standard InChI is InChI=1S/C21H25N3O6/c1-12-4-7-16-15(10-12)17-18(19(25,26)21(29,30)23(3)20(17,27)28)24(16)9-8-14-6-5-13(2)22-11-14/h4-7,10-11,25-30H,8-9H2,1-3H3. The van der Waals surface area contributed by atoms with Crippen molar-refractivity contribution in [2.24, 2.45) is 0 Å². The minimum atomic E-state index is -3.36. The summed E-state index contributed by atoms with van der Waals surface area (Å²) in [7, 11) is 0.973. The SMILES string of the molecule is Cc1ccc2c(c1)c1c(n2CCc2ccc(C)nc2)C(O)(O)C(O)(O)N(C)C1(O)O. The molecule has 0 fully saturated rings. The van der Waals surface area contributed by atoms with Crippen molar-refractivity contribution < 1.29 is 30.6 Å². The minimum absolute atomic E-state index is 0.207. The lowest BCUT2D eigenvalue weighted by Crippen LogP contribution is -2.71. The highest BCUT2D eigenvalue weighted by Crippen LogP contribution is 2.49. The van der Waals surface area contributed by atoms with Crippen LogP contribution in [0.5, 0.6) is 0 Å². The molecule has 160 valence electrons. The Hall–Kier alpha value is -2.37. The van der Waals surface area contributed by atoms with E-state index in [-0.39, 0.29) is 12.1 Å². The van der Waals surface area contributed by atoms with Crippen molar-refractivity contribution in [1.82, 2.24) is 14.5 Å². The normalized spacial score (nSPS) is 19.8. The Balaban J connectivity index is 1.96. The van der Waals surface area contributed by atoms with Crippen LogP contribution in [0, 0.1) is 13.8 Å². The van der Waals surface area contributed by atoms with Crippen LogP contribution in [0.2, 0.25) is 0 Å². The second-order valence-electron chi connectivity index (χ2n) is 7.96. The molecule has 4 rings (SSSR count). The van der Waals surface area contributed by atoms with Crippen molar-refractivity contribution in [3.05, 3.63) is 64.6 Å². The molecule has 3 aromatic rings. The Morgan fingerprint density at radius 1 is 0.967 bits per heavy atom. The van der Waals surface area contributed by atoms with E-state index in [1.807, 2.05) is 26.0 Å². The Labute approximate surface area is 172 Å². The summed E-state index contributed by atoms with van der Waals surface area (Å²) in [5.74, 6) is -9.43. The van der Waals surface area contributed by atoms with Gasteiger partial charge in [0.1, 0.15) is 0 Å². The van der Waals surface area contributed by atoms with Gasteiger partial charge in [-0.25, -0.2) is 0 Å². The van der Waals surface area contributed by atoms with Gasteiger partial charge in [0.15, 0.2) is 0 Å². The highest BCUT2D eigenvalue weighted by Gasteiger charge is 2.66. The largest absolute Gasteiger partial charge is 0.355 e. The number of aryl methyl sites for hydroxylation is 4. The van der Waals surface area contributed by atoms with Crippen LogP contribution in [-0.4, -0.2) is 58.0 Å². The van der Waals surface area contributed by atoms with E-state index in [0.29, 0.717) is 22.2 Å². The zero-order valence-corrected chi connectivity index (χ0v) is 16.9. The monoisotopic (exact) mass is 415 g/mol. The van der Waals surface area contributed by atoms with Crippen LogP contribution < -0.4 is 0 Å². The lowest BCUT2D eigenvalue weighted by Gasteiger charge is -2.50. The summed E-state index contributed by atoms with van der Waals surface area (Å²) < 4.78 is 1.47. The van der Waals surface area contributed by atoms with Gasteiger partial charge in [-0.05, 0) is 51.1 Å². The van der Waals surface area contributed by atoms with E-state index < -0.39 is 23.3 Å². The van der Waals surface area contributed by atoms with Crippen LogP contribution in [0.25, 0.3) is 10.9 Å². The van der Waals surface area contributed by atoms with E-state index in [2.05, 4.69) is 4.98 Å². The topological polar surface area (TPSA) is 142 Å². The van der Waals surface area contributed by atoms with Crippen LogP contribution in [0.3, 0.4) is 0 Å². The van der Waals surface area contributed by atoms with Gasteiger partial charge >= 0.3 is 0 Å². The number of hydrogen-bond acceptors (Lipinski definition) is 8. The van der Waals surface area contributed by atoms with Crippen molar-refractivity contribution in [1.29, 1.82) is 0 Å². The summed E-state index contributed by atoms with van der Waals surface area (Å²) in [5.41, 5.74) is 2.45. The molecule has 0 saturated heterocycles. The van der Waals surface area contributed by atoms with E-state index in [9.17, 15) is 30.6 Å². The predicted molar refractivity (Wildman–Crippen MR) is 107 cm³/mol. The molecule has 3 heterocycles. The number of aliphatic hydroxyl groups is 6. The first-order valence-electron chi connectivity index (χ1n) is 9.52. The highest BCUT2D eigenvalue weighted by atomic mass is 16.6.